The second-order valence-electron chi connectivity index (χ2n) is 7.15. The van der Waals surface area contributed by atoms with E-state index in [4.69, 9.17) is 0 Å². The number of anilines is 1. The van der Waals surface area contributed by atoms with E-state index in [1.165, 1.54) is 0 Å². The zero-order valence-electron chi connectivity index (χ0n) is 16.1. The Hall–Kier alpha value is -2.92. The van der Waals surface area contributed by atoms with E-state index in [-0.39, 0.29) is 11.3 Å². The van der Waals surface area contributed by atoms with Gasteiger partial charge in [0.1, 0.15) is 0 Å². The Morgan fingerprint density at radius 1 is 0.966 bits per heavy atom. The molecule has 1 amide bonds. The summed E-state index contributed by atoms with van der Waals surface area (Å²) in [5.74, 6) is -0.0256. The van der Waals surface area contributed by atoms with Crippen molar-refractivity contribution in [2.24, 2.45) is 0 Å². The summed E-state index contributed by atoms with van der Waals surface area (Å²) in [4.78, 5) is 25.3. The quantitative estimate of drug-likeness (QED) is 0.401. The highest BCUT2D eigenvalue weighted by atomic mass is 79.9. The molecule has 4 aromatic rings. The third-order valence-corrected chi connectivity index (χ3v) is 5.75. The average molecular weight is 449 g/mol. The summed E-state index contributed by atoms with van der Waals surface area (Å²) in [6.45, 7) is 2.65. The Bertz CT molecular complexity index is 1280. The van der Waals surface area contributed by atoms with E-state index in [9.17, 15) is 9.59 Å². The summed E-state index contributed by atoms with van der Waals surface area (Å²) in [7, 11) is 0. The molecule has 0 atom stereocenters. The Balaban J connectivity index is 1.60. The molecule has 0 saturated heterocycles. The highest BCUT2D eigenvalue weighted by Crippen LogP contribution is 2.23. The van der Waals surface area contributed by atoms with Gasteiger partial charge >= 0.3 is 0 Å². The minimum atomic E-state index is -0.0256. The van der Waals surface area contributed by atoms with Crippen molar-refractivity contribution in [2.75, 3.05) is 5.32 Å². The summed E-state index contributed by atoms with van der Waals surface area (Å²) in [5, 5.41) is 4.38. The van der Waals surface area contributed by atoms with E-state index in [1.807, 2.05) is 73.7 Å². The van der Waals surface area contributed by atoms with Gasteiger partial charge in [0.15, 0.2) is 5.43 Å². The van der Waals surface area contributed by atoms with Crippen LogP contribution in [0.2, 0.25) is 0 Å². The number of aromatic nitrogens is 1. The maximum absolute atomic E-state index is 12.9. The first-order chi connectivity index (χ1) is 14.0. The number of pyridine rings is 1. The van der Waals surface area contributed by atoms with Gasteiger partial charge in [0, 0.05) is 28.2 Å². The fourth-order valence-electron chi connectivity index (χ4n) is 3.66. The Kier molecular flexibility index (Phi) is 5.49. The van der Waals surface area contributed by atoms with Crippen LogP contribution in [-0.2, 0) is 11.3 Å². The first kappa shape index (κ1) is 19.4. The third kappa shape index (κ3) is 3.96. The van der Waals surface area contributed by atoms with Gasteiger partial charge in [-0.05, 0) is 65.7 Å². The highest BCUT2D eigenvalue weighted by Gasteiger charge is 2.11. The smallest absolute Gasteiger partial charge is 0.224 e. The molecule has 29 heavy (non-hydrogen) atoms. The maximum Gasteiger partial charge on any atom is 0.224 e. The van der Waals surface area contributed by atoms with E-state index in [0.717, 1.165) is 32.1 Å². The molecule has 0 unspecified atom stereocenters. The van der Waals surface area contributed by atoms with Crippen LogP contribution >= 0.6 is 15.9 Å². The lowest BCUT2D eigenvalue weighted by molar-refractivity contribution is -0.116. The van der Waals surface area contributed by atoms with Crippen LogP contribution in [-0.4, -0.2) is 10.5 Å². The molecule has 1 N–H and O–H groups in total. The number of hydrogen-bond acceptors (Lipinski definition) is 2. The van der Waals surface area contributed by atoms with Gasteiger partial charge < -0.3 is 9.88 Å². The molecule has 3 aromatic carbocycles. The number of amides is 1. The van der Waals surface area contributed by atoms with E-state index in [1.54, 1.807) is 0 Å². The van der Waals surface area contributed by atoms with Crippen molar-refractivity contribution < 1.29 is 4.79 Å². The van der Waals surface area contributed by atoms with E-state index in [2.05, 4.69) is 25.8 Å². The lowest BCUT2D eigenvalue weighted by Gasteiger charge is -2.15. The number of halogens is 1. The van der Waals surface area contributed by atoms with Gasteiger partial charge in [0.05, 0.1) is 16.7 Å². The van der Waals surface area contributed by atoms with Crippen LogP contribution in [0.4, 0.5) is 5.69 Å². The molecule has 4 nitrogen and oxygen atoms in total. The van der Waals surface area contributed by atoms with Crippen LogP contribution in [0.15, 0.2) is 76.0 Å². The largest absolute Gasteiger partial charge is 0.340 e. The van der Waals surface area contributed by atoms with Crippen molar-refractivity contribution in [1.29, 1.82) is 0 Å². The normalized spacial score (nSPS) is 11.1. The average Bonchev–Trinajstić information content (AvgIpc) is 2.72. The molecule has 0 spiro atoms. The molecule has 0 fully saturated rings. The highest BCUT2D eigenvalue weighted by molar-refractivity contribution is 9.10. The number of carbonyl (C=O) groups excluding carboxylic acids is 1. The number of aryl methyl sites for hydroxylation is 2. The van der Waals surface area contributed by atoms with Crippen molar-refractivity contribution >= 4 is 49.3 Å². The molecule has 0 aliphatic heterocycles. The molecular formula is C24H21BrN2O2. The van der Waals surface area contributed by atoms with Crippen molar-refractivity contribution in [3.05, 3.63) is 87.0 Å². The Morgan fingerprint density at radius 3 is 2.52 bits per heavy atom. The van der Waals surface area contributed by atoms with Gasteiger partial charge in [-0.1, -0.05) is 35.9 Å². The summed E-state index contributed by atoms with van der Waals surface area (Å²) in [5.41, 5.74) is 3.70. The molecule has 1 aromatic heterocycles. The molecule has 0 aliphatic carbocycles. The zero-order chi connectivity index (χ0) is 20.4. The summed E-state index contributed by atoms with van der Waals surface area (Å²) in [6.07, 6.45) is 1.07. The first-order valence-corrected chi connectivity index (χ1v) is 10.4. The minimum absolute atomic E-state index is 0.0256. The second kappa shape index (κ2) is 8.21. The molecule has 5 heteroatoms. The van der Waals surface area contributed by atoms with E-state index < -0.39 is 0 Å². The first-order valence-electron chi connectivity index (χ1n) is 9.61. The second-order valence-corrected chi connectivity index (χ2v) is 8.00. The van der Waals surface area contributed by atoms with Crippen LogP contribution in [0.1, 0.15) is 18.4 Å². The lowest BCUT2D eigenvalue weighted by Crippen LogP contribution is -2.15. The number of hydrogen-bond donors (Lipinski definition) is 1. The molecule has 1 heterocycles. The predicted molar refractivity (Wildman–Crippen MR) is 122 cm³/mol. The molecular weight excluding hydrogens is 428 g/mol. The van der Waals surface area contributed by atoms with Gasteiger partial charge in [0.25, 0.3) is 0 Å². The topological polar surface area (TPSA) is 51.1 Å². The van der Waals surface area contributed by atoms with Gasteiger partial charge in [-0.2, -0.15) is 0 Å². The molecule has 0 aliphatic rings. The van der Waals surface area contributed by atoms with Crippen molar-refractivity contribution in [3.8, 4) is 0 Å². The minimum Gasteiger partial charge on any atom is -0.340 e. The summed E-state index contributed by atoms with van der Waals surface area (Å²) in [6, 6.07) is 21.2. The molecule has 146 valence electrons. The fourth-order valence-corrected chi connectivity index (χ4v) is 4.04. The SMILES string of the molecule is Cc1ccc2c(c1)c(=O)c1ccccc1n2CCCC(=O)Nc1ccccc1Br. The van der Waals surface area contributed by atoms with Gasteiger partial charge in [-0.15, -0.1) is 0 Å². The Morgan fingerprint density at radius 2 is 1.69 bits per heavy atom. The number of nitrogens with zero attached hydrogens (tertiary/aromatic N) is 1. The van der Waals surface area contributed by atoms with Gasteiger partial charge in [-0.25, -0.2) is 0 Å². The Labute approximate surface area is 177 Å². The fraction of sp³-hybridized carbons (Fsp3) is 0.167. The summed E-state index contributed by atoms with van der Waals surface area (Å²) >= 11 is 3.45. The molecule has 4 rings (SSSR count). The monoisotopic (exact) mass is 448 g/mol. The number of nitrogens with one attached hydrogen (secondary N) is 1. The standard InChI is InChI=1S/C24H21BrN2O2/c1-16-12-13-22-18(15-16)24(29)17-7-2-5-10-21(17)27(22)14-6-11-23(28)26-20-9-4-3-8-19(20)25/h2-5,7-10,12-13,15H,6,11,14H2,1H3,(H,26,28). The number of benzene rings is 3. The van der Waals surface area contributed by atoms with E-state index >= 15 is 0 Å². The van der Waals surface area contributed by atoms with Gasteiger partial charge in [-0.3, -0.25) is 9.59 Å². The van der Waals surface area contributed by atoms with Crippen molar-refractivity contribution in [1.82, 2.24) is 4.57 Å². The van der Waals surface area contributed by atoms with E-state index in [0.29, 0.717) is 24.8 Å². The molecule has 0 saturated carbocycles. The predicted octanol–water partition coefficient (Wildman–Crippen LogP) is 5.64. The van der Waals surface area contributed by atoms with Crippen LogP contribution in [0, 0.1) is 6.92 Å². The van der Waals surface area contributed by atoms with Crippen molar-refractivity contribution in [2.45, 2.75) is 26.3 Å². The number of rotatable bonds is 5. The van der Waals surface area contributed by atoms with Crippen molar-refractivity contribution in [3.63, 3.8) is 0 Å². The number of fused-ring (bicyclic) bond motifs is 2. The van der Waals surface area contributed by atoms with Gasteiger partial charge in [0.2, 0.25) is 5.91 Å². The molecule has 0 radical (unpaired) electrons. The molecule has 0 bridgehead atoms. The summed E-state index contributed by atoms with van der Waals surface area (Å²) < 4.78 is 3.01. The third-order valence-electron chi connectivity index (χ3n) is 5.06. The van der Waals surface area contributed by atoms with Crippen LogP contribution < -0.4 is 10.7 Å². The number of carbonyl (C=O) groups is 1. The maximum atomic E-state index is 12.9. The van der Waals surface area contributed by atoms with Crippen LogP contribution in [0.25, 0.3) is 21.8 Å². The number of para-hydroxylation sites is 2. The zero-order valence-corrected chi connectivity index (χ0v) is 17.7. The van der Waals surface area contributed by atoms with Crippen LogP contribution in [0.5, 0.6) is 0 Å². The van der Waals surface area contributed by atoms with Crippen LogP contribution in [0.3, 0.4) is 0 Å². The lowest BCUT2D eigenvalue weighted by atomic mass is 10.1.